The van der Waals surface area contributed by atoms with Crippen LogP contribution in [0.3, 0.4) is 0 Å². The van der Waals surface area contributed by atoms with Gasteiger partial charge in [0.1, 0.15) is 17.9 Å². The highest BCUT2D eigenvalue weighted by Crippen LogP contribution is 2.27. The molecule has 3 rings (SSSR count). The van der Waals surface area contributed by atoms with Gasteiger partial charge in [-0.25, -0.2) is 13.8 Å². The molecule has 1 aliphatic rings. The van der Waals surface area contributed by atoms with E-state index in [0.717, 1.165) is 0 Å². The number of nitrogens with zero attached hydrogens (tertiary/aromatic N) is 3. The number of para-hydroxylation sites is 1. The Morgan fingerprint density at radius 1 is 1.30 bits per heavy atom. The van der Waals surface area contributed by atoms with E-state index in [4.69, 9.17) is 21.6 Å². The topological polar surface area (TPSA) is 112 Å². The molecule has 1 fully saturated rings. The molecule has 0 saturated carbocycles. The van der Waals surface area contributed by atoms with Crippen LogP contribution in [-0.2, 0) is 14.8 Å². The third kappa shape index (κ3) is 4.97. The molecule has 0 spiro atoms. The maximum atomic E-state index is 12.9. The molecule has 30 heavy (non-hydrogen) atoms. The molecule has 10 heteroatoms. The largest absolute Gasteiger partial charge is 0.478 e. The lowest BCUT2D eigenvalue weighted by molar-refractivity contribution is -0.124. The van der Waals surface area contributed by atoms with Crippen LogP contribution in [0, 0.1) is 11.3 Å². The number of hydrogen-bond donors (Lipinski definition) is 1. The molecule has 1 saturated heterocycles. The molecule has 2 aromatic carbocycles. The minimum Gasteiger partial charge on any atom is -0.478 e. The van der Waals surface area contributed by atoms with Crippen LogP contribution in [0.25, 0.3) is 0 Å². The van der Waals surface area contributed by atoms with Gasteiger partial charge in [-0.2, -0.15) is 14.7 Å². The van der Waals surface area contributed by atoms with Crippen LogP contribution < -0.4 is 10.2 Å². The molecule has 2 aromatic rings. The summed E-state index contributed by atoms with van der Waals surface area (Å²) >= 11 is 5.83. The SMILES string of the molecule is N#CCOc1ccccc1/C=N\NC(=O)[C@@H]1CCCN1S(=O)(=O)c1ccc(Cl)cc1. The Bertz CT molecular complexity index is 1080. The zero-order chi connectivity index (χ0) is 21.6. The summed E-state index contributed by atoms with van der Waals surface area (Å²) in [5.74, 6) is -0.0680. The van der Waals surface area contributed by atoms with Crippen molar-refractivity contribution in [2.24, 2.45) is 5.10 Å². The first-order valence-electron chi connectivity index (χ1n) is 9.12. The molecule has 0 radical (unpaired) electrons. The summed E-state index contributed by atoms with van der Waals surface area (Å²) in [5, 5.41) is 13.0. The molecule has 0 aliphatic carbocycles. The number of amides is 1. The summed E-state index contributed by atoms with van der Waals surface area (Å²) in [6.07, 6.45) is 2.35. The van der Waals surface area contributed by atoms with E-state index < -0.39 is 22.0 Å². The number of carbonyl (C=O) groups is 1. The highest BCUT2D eigenvalue weighted by atomic mass is 35.5. The average molecular weight is 447 g/mol. The van der Waals surface area contributed by atoms with Crippen LogP contribution in [0.15, 0.2) is 58.5 Å². The predicted octanol–water partition coefficient (Wildman–Crippen LogP) is 2.55. The van der Waals surface area contributed by atoms with Gasteiger partial charge >= 0.3 is 0 Å². The van der Waals surface area contributed by atoms with E-state index in [0.29, 0.717) is 29.2 Å². The van der Waals surface area contributed by atoms with E-state index in [1.807, 2.05) is 6.07 Å². The lowest BCUT2D eigenvalue weighted by Crippen LogP contribution is -2.44. The minimum absolute atomic E-state index is 0.0821. The molecular weight excluding hydrogens is 428 g/mol. The first kappa shape index (κ1) is 21.8. The Labute approximate surface area is 179 Å². The first-order chi connectivity index (χ1) is 14.4. The maximum Gasteiger partial charge on any atom is 0.258 e. The summed E-state index contributed by atoms with van der Waals surface area (Å²) < 4.78 is 32.3. The number of ether oxygens (including phenoxy) is 1. The van der Waals surface area contributed by atoms with Crippen LogP contribution in [0.1, 0.15) is 18.4 Å². The summed E-state index contributed by atoms with van der Waals surface area (Å²) in [7, 11) is -3.83. The van der Waals surface area contributed by atoms with Gasteiger partial charge in [-0.15, -0.1) is 0 Å². The van der Waals surface area contributed by atoms with Gasteiger partial charge in [0.25, 0.3) is 5.91 Å². The van der Waals surface area contributed by atoms with Crippen molar-refractivity contribution in [1.29, 1.82) is 5.26 Å². The van der Waals surface area contributed by atoms with Crippen molar-refractivity contribution in [3.05, 3.63) is 59.1 Å². The van der Waals surface area contributed by atoms with Gasteiger partial charge in [0.2, 0.25) is 10.0 Å². The van der Waals surface area contributed by atoms with Crippen LogP contribution in [0.5, 0.6) is 5.75 Å². The monoisotopic (exact) mass is 446 g/mol. The van der Waals surface area contributed by atoms with E-state index >= 15 is 0 Å². The number of sulfonamides is 1. The van der Waals surface area contributed by atoms with Gasteiger partial charge in [-0.3, -0.25) is 4.79 Å². The smallest absolute Gasteiger partial charge is 0.258 e. The van der Waals surface area contributed by atoms with Gasteiger partial charge in [-0.1, -0.05) is 23.7 Å². The quantitative estimate of drug-likeness (QED) is 0.518. The molecule has 8 nitrogen and oxygen atoms in total. The van der Waals surface area contributed by atoms with Gasteiger partial charge in [-0.05, 0) is 49.2 Å². The van der Waals surface area contributed by atoms with Gasteiger partial charge < -0.3 is 4.74 Å². The molecule has 0 aromatic heterocycles. The summed E-state index contributed by atoms with van der Waals surface area (Å²) in [5.41, 5.74) is 2.98. The molecule has 0 bridgehead atoms. The molecule has 1 N–H and O–H groups in total. The maximum absolute atomic E-state index is 12.9. The van der Waals surface area contributed by atoms with Crippen molar-refractivity contribution < 1.29 is 17.9 Å². The first-order valence-corrected chi connectivity index (χ1v) is 10.9. The van der Waals surface area contributed by atoms with Crippen molar-refractivity contribution in [3.8, 4) is 11.8 Å². The highest BCUT2D eigenvalue weighted by molar-refractivity contribution is 7.89. The fraction of sp³-hybridized carbons (Fsp3) is 0.250. The fourth-order valence-corrected chi connectivity index (χ4v) is 4.88. The number of nitrogens with one attached hydrogen (secondary N) is 1. The summed E-state index contributed by atoms with van der Waals surface area (Å²) in [6, 6.07) is 13.8. The fourth-order valence-electron chi connectivity index (χ4n) is 3.10. The molecule has 1 aliphatic heterocycles. The Balaban J connectivity index is 1.70. The molecule has 1 heterocycles. The van der Waals surface area contributed by atoms with E-state index in [2.05, 4.69) is 10.5 Å². The van der Waals surface area contributed by atoms with Crippen molar-refractivity contribution >= 4 is 33.7 Å². The second-order valence-electron chi connectivity index (χ2n) is 6.45. The zero-order valence-electron chi connectivity index (χ0n) is 15.9. The number of benzene rings is 2. The van der Waals surface area contributed by atoms with Crippen molar-refractivity contribution in [2.75, 3.05) is 13.2 Å². The number of rotatable bonds is 7. The van der Waals surface area contributed by atoms with E-state index in [-0.39, 0.29) is 18.0 Å². The van der Waals surface area contributed by atoms with Crippen LogP contribution in [0.4, 0.5) is 0 Å². The second-order valence-corrected chi connectivity index (χ2v) is 8.77. The van der Waals surface area contributed by atoms with Gasteiger partial charge in [0.15, 0.2) is 6.61 Å². The number of nitriles is 1. The third-order valence-corrected chi connectivity index (χ3v) is 6.69. The third-order valence-electron chi connectivity index (χ3n) is 4.52. The molecule has 1 amide bonds. The van der Waals surface area contributed by atoms with E-state index in [9.17, 15) is 13.2 Å². The normalized spacial score (nSPS) is 17.0. The molecule has 1 atom stereocenters. The van der Waals surface area contributed by atoms with E-state index in [1.165, 1.54) is 34.8 Å². The lowest BCUT2D eigenvalue weighted by atomic mass is 10.2. The number of hydrazone groups is 1. The van der Waals surface area contributed by atoms with Crippen LogP contribution >= 0.6 is 11.6 Å². The Hall–Kier alpha value is -2.93. The Kier molecular flexibility index (Phi) is 7.05. The van der Waals surface area contributed by atoms with Crippen molar-refractivity contribution in [3.63, 3.8) is 0 Å². The number of hydrogen-bond acceptors (Lipinski definition) is 6. The van der Waals surface area contributed by atoms with Crippen LogP contribution in [0.2, 0.25) is 5.02 Å². The highest BCUT2D eigenvalue weighted by Gasteiger charge is 2.39. The Morgan fingerprint density at radius 3 is 2.77 bits per heavy atom. The van der Waals surface area contributed by atoms with E-state index in [1.54, 1.807) is 24.3 Å². The van der Waals surface area contributed by atoms with Crippen molar-refractivity contribution in [2.45, 2.75) is 23.8 Å². The van der Waals surface area contributed by atoms with Crippen molar-refractivity contribution in [1.82, 2.24) is 9.73 Å². The molecule has 156 valence electrons. The zero-order valence-corrected chi connectivity index (χ0v) is 17.4. The van der Waals surface area contributed by atoms with Gasteiger partial charge in [0.05, 0.1) is 11.1 Å². The standard InChI is InChI=1S/C20H19ClN4O4S/c21-16-7-9-17(10-8-16)30(27,28)25-12-3-5-18(25)20(26)24-23-14-15-4-1-2-6-19(15)29-13-11-22/h1-2,4,6-10,14,18H,3,5,12-13H2,(H,24,26)/b23-14-/t18-/m0/s1. The number of halogens is 1. The minimum atomic E-state index is -3.83. The average Bonchev–Trinajstić information content (AvgIpc) is 3.24. The Morgan fingerprint density at radius 2 is 2.03 bits per heavy atom. The van der Waals surface area contributed by atoms with Crippen LogP contribution in [-0.4, -0.2) is 44.0 Å². The summed E-state index contributed by atoms with van der Waals surface area (Å²) in [6.45, 7) is 0.133. The predicted molar refractivity (Wildman–Crippen MR) is 112 cm³/mol. The molecular formula is C20H19ClN4O4S. The second kappa shape index (κ2) is 9.71. The number of carbonyl (C=O) groups excluding carboxylic acids is 1. The summed E-state index contributed by atoms with van der Waals surface area (Å²) in [4.78, 5) is 12.7. The molecule has 0 unspecified atom stereocenters. The lowest BCUT2D eigenvalue weighted by Gasteiger charge is -2.22. The van der Waals surface area contributed by atoms with Gasteiger partial charge in [0, 0.05) is 17.1 Å².